The molecular formula is C5H12O3. The zero-order valence-electron chi connectivity index (χ0n) is 5.13. The minimum Gasteiger partial charge on any atom is -0.393 e. The van der Waals surface area contributed by atoms with Crippen LogP contribution in [-0.4, -0.2) is 33.6 Å². The maximum Gasteiger partial charge on any atom is 0.110 e. The number of hydrogen-bond acceptors (Lipinski definition) is 3. The van der Waals surface area contributed by atoms with Crippen molar-refractivity contribution >= 4 is 0 Å². The molecule has 0 radical (unpaired) electrons. The smallest absolute Gasteiger partial charge is 0.110 e. The molecule has 0 aromatic heterocycles. The minimum atomic E-state index is -1.35. The van der Waals surface area contributed by atoms with Crippen molar-refractivity contribution in [2.24, 2.45) is 0 Å². The fourth-order valence-corrected chi connectivity index (χ4v) is 0.132. The van der Waals surface area contributed by atoms with Gasteiger partial charge < -0.3 is 15.3 Å². The van der Waals surface area contributed by atoms with Crippen molar-refractivity contribution < 1.29 is 15.3 Å². The van der Waals surface area contributed by atoms with Crippen LogP contribution in [0.3, 0.4) is 0 Å². The molecule has 8 heavy (non-hydrogen) atoms. The van der Waals surface area contributed by atoms with Crippen LogP contribution in [0.1, 0.15) is 13.8 Å². The summed E-state index contributed by atoms with van der Waals surface area (Å²) in [7, 11) is 0. The Kier molecular flexibility index (Phi) is 2.40. The van der Waals surface area contributed by atoms with Crippen LogP contribution in [0.5, 0.6) is 0 Å². The maximum absolute atomic E-state index is 8.90. The van der Waals surface area contributed by atoms with Crippen molar-refractivity contribution in [1.82, 2.24) is 0 Å². The van der Waals surface area contributed by atoms with Gasteiger partial charge in [-0.05, 0) is 13.8 Å². The number of aliphatic hydroxyl groups is 3. The Morgan fingerprint density at radius 1 is 1.62 bits per heavy atom. The normalized spacial score (nSPS) is 22.1. The Hall–Kier alpha value is -0.120. The van der Waals surface area contributed by atoms with Gasteiger partial charge in [-0.1, -0.05) is 0 Å². The first-order valence-electron chi connectivity index (χ1n) is 2.52. The molecule has 0 saturated carbocycles. The second kappa shape index (κ2) is 2.44. The Morgan fingerprint density at radius 2 is 2.00 bits per heavy atom. The average molecular weight is 120 g/mol. The third-order valence-corrected chi connectivity index (χ3v) is 1.22. The first-order chi connectivity index (χ1) is 3.50. The van der Waals surface area contributed by atoms with Crippen LogP contribution in [0.25, 0.3) is 0 Å². The lowest BCUT2D eigenvalue weighted by atomic mass is 10.0. The third kappa shape index (κ3) is 1.78. The molecule has 2 atom stereocenters. The Labute approximate surface area is 48.6 Å². The van der Waals surface area contributed by atoms with Gasteiger partial charge in [0, 0.05) is 0 Å². The van der Waals surface area contributed by atoms with Crippen molar-refractivity contribution in [3.05, 3.63) is 0 Å². The van der Waals surface area contributed by atoms with Crippen LogP contribution >= 0.6 is 0 Å². The van der Waals surface area contributed by atoms with Gasteiger partial charge in [0.2, 0.25) is 0 Å². The molecule has 50 valence electrons. The molecule has 0 aromatic rings. The van der Waals surface area contributed by atoms with Gasteiger partial charge in [0.05, 0.1) is 12.7 Å². The highest BCUT2D eigenvalue weighted by atomic mass is 16.4. The molecule has 0 amide bonds. The van der Waals surface area contributed by atoms with Gasteiger partial charge in [0.15, 0.2) is 0 Å². The first-order valence-corrected chi connectivity index (χ1v) is 2.52. The quantitative estimate of drug-likeness (QED) is 0.443. The second-order valence-corrected chi connectivity index (χ2v) is 2.19. The summed E-state index contributed by atoms with van der Waals surface area (Å²) in [6.45, 7) is 2.39. The lowest BCUT2D eigenvalue weighted by Gasteiger charge is -2.22. The van der Waals surface area contributed by atoms with E-state index in [4.69, 9.17) is 15.3 Å². The van der Waals surface area contributed by atoms with Crippen LogP contribution in [0.15, 0.2) is 0 Å². The standard InChI is InChI=1S/C5H12O3/c1-4(7)5(2,8)3-6/h4,6-8H,3H2,1-2H3/t4-,5-/m1/s1. The monoisotopic (exact) mass is 120 g/mol. The van der Waals surface area contributed by atoms with Gasteiger partial charge in [0.1, 0.15) is 5.60 Å². The lowest BCUT2D eigenvalue weighted by molar-refractivity contribution is -0.0839. The minimum absolute atomic E-state index is 0.412. The van der Waals surface area contributed by atoms with Crippen LogP contribution in [-0.2, 0) is 0 Å². The van der Waals surface area contributed by atoms with E-state index in [1.54, 1.807) is 0 Å². The summed E-state index contributed by atoms with van der Waals surface area (Å²) in [6, 6.07) is 0. The van der Waals surface area contributed by atoms with Crippen LogP contribution < -0.4 is 0 Å². The van der Waals surface area contributed by atoms with Crippen LogP contribution in [0, 0.1) is 0 Å². The summed E-state index contributed by atoms with van der Waals surface area (Å²) in [4.78, 5) is 0. The molecule has 0 rings (SSSR count). The maximum atomic E-state index is 8.90. The van der Waals surface area contributed by atoms with E-state index < -0.39 is 18.3 Å². The highest BCUT2D eigenvalue weighted by Gasteiger charge is 2.24. The van der Waals surface area contributed by atoms with E-state index in [2.05, 4.69) is 0 Å². The second-order valence-electron chi connectivity index (χ2n) is 2.19. The molecule has 3 heteroatoms. The van der Waals surface area contributed by atoms with E-state index in [1.165, 1.54) is 13.8 Å². The molecule has 0 aliphatic carbocycles. The predicted octanol–water partition coefficient (Wildman–Crippen LogP) is -0.890. The van der Waals surface area contributed by atoms with Crippen molar-refractivity contribution in [3.8, 4) is 0 Å². The molecular weight excluding hydrogens is 108 g/mol. The fraction of sp³-hybridized carbons (Fsp3) is 1.00. The van der Waals surface area contributed by atoms with Crippen molar-refractivity contribution in [2.75, 3.05) is 6.61 Å². The summed E-state index contributed by atoms with van der Waals surface area (Å²) in [6.07, 6.45) is -0.882. The number of hydrogen-bond donors (Lipinski definition) is 3. The van der Waals surface area contributed by atoms with Crippen LogP contribution in [0.4, 0.5) is 0 Å². The summed E-state index contributed by atoms with van der Waals surface area (Å²) in [5.74, 6) is 0. The zero-order valence-corrected chi connectivity index (χ0v) is 5.13. The molecule has 0 unspecified atom stereocenters. The van der Waals surface area contributed by atoms with Crippen molar-refractivity contribution in [3.63, 3.8) is 0 Å². The van der Waals surface area contributed by atoms with E-state index in [1.807, 2.05) is 0 Å². The zero-order chi connectivity index (χ0) is 6.78. The molecule has 3 N–H and O–H groups in total. The van der Waals surface area contributed by atoms with Gasteiger partial charge >= 0.3 is 0 Å². The number of aliphatic hydroxyl groups excluding tert-OH is 2. The molecule has 0 spiro atoms. The van der Waals surface area contributed by atoms with E-state index in [0.717, 1.165) is 0 Å². The van der Waals surface area contributed by atoms with E-state index in [0.29, 0.717) is 0 Å². The number of rotatable bonds is 2. The molecule has 3 nitrogen and oxygen atoms in total. The largest absolute Gasteiger partial charge is 0.393 e. The van der Waals surface area contributed by atoms with Gasteiger partial charge in [-0.15, -0.1) is 0 Å². The third-order valence-electron chi connectivity index (χ3n) is 1.22. The van der Waals surface area contributed by atoms with E-state index in [-0.39, 0.29) is 0 Å². The topological polar surface area (TPSA) is 60.7 Å². The van der Waals surface area contributed by atoms with E-state index in [9.17, 15) is 0 Å². The molecule has 0 heterocycles. The lowest BCUT2D eigenvalue weighted by Crippen LogP contribution is -2.40. The Bertz CT molecular complexity index is 68.1. The molecule has 0 fully saturated rings. The molecule has 0 aliphatic rings. The molecule has 0 aromatic carbocycles. The summed E-state index contributed by atoms with van der Waals surface area (Å²) in [5.41, 5.74) is -1.35. The summed E-state index contributed by atoms with van der Waals surface area (Å²) < 4.78 is 0. The Morgan fingerprint density at radius 3 is 2.00 bits per heavy atom. The van der Waals surface area contributed by atoms with Gasteiger partial charge in [-0.3, -0.25) is 0 Å². The summed E-state index contributed by atoms with van der Waals surface area (Å²) >= 11 is 0. The Balaban J connectivity index is 3.71. The van der Waals surface area contributed by atoms with Gasteiger partial charge in [-0.25, -0.2) is 0 Å². The fourth-order valence-electron chi connectivity index (χ4n) is 0.132. The van der Waals surface area contributed by atoms with Crippen LogP contribution in [0.2, 0.25) is 0 Å². The van der Waals surface area contributed by atoms with Crippen molar-refractivity contribution in [2.45, 2.75) is 25.6 Å². The average Bonchev–Trinajstić information content (AvgIpc) is 1.67. The molecule has 0 saturated heterocycles. The molecule has 0 bridgehead atoms. The molecule has 0 aliphatic heterocycles. The highest BCUT2D eigenvalue weighted by molar-refractivity contribution is 4.76. The van der Waals surface area contributed by atoms with E-state index >= 15 is 0 Å². The van der Waals surface area contributed by atoms with Gasteiger partial charge in [-0.2, -0.15) is 0 Å². The highest BCUT2D eigenvalue weighted by Crippen LogP contribution is 2.06. The SMILES string of the molecule is C[C@@H](O)[C@](C)(O)CO. The first kappa shape index (κ1) is 7.88. The van der Waals surface area contributed by atoms with Crippen molar-refractivity contribution in [1.29, 1.82) is 0 Å². The van der Waals surface area contributed by atoms with Gasteiger partial charge in [0.25, 0.3) is 0 Å². The summed E-state index contributed by atoms with van der Waals surface area (Å²) in [5, 5.41) is 25.9. The predicted molar refractivity (Wildman–Crippen MR) is 29.4 cm³/mol.